The van der Waals surface area contributed by atoms with E-state index in [0.29, 0.717) is 0 Å². The summed E-state index contributed by atoms with van der Waals surface area (Å²) in [6.45, 7) is 5.15. The van der Waals surface area contributed by atoms with Gasteiger partial charge in [0.15, 0.2) is 0 Å². The SMILES string of the molecule is COC(=O)[C@H](Cc1c[nH]c2ccccc12)NC(=O)[C@@H]1CC(O)CN1C(=O)OC(C)(C)C. The number of aliphatic hydroxyl groups excluding tert-OH is 1. The fraction of sp³-hybridized carbons (Fsp3) is 0.500. The smallest absolute Gasteiger partial charge is 0.411 e. The molecule has 0 aliphatic carbocycles. The van der Waals surface area contributed by atoms with Crippen molar-refractivity contribution in [1.82, 2.24) is 15.2 Å². The molecular formula is C22H29N3O6. The van der Waals surface area contributed by atoms with E-state index in [-0.39, 0.29) is 19.4 Å². The van der Waals surface area contributed by atoms with E-state index >= 15 is 0 Å². The zero-order chi connectivity index (χ0) is 22.8. The number of likely N-dealkylation sites (tertiary alicyclic amines) is 1. The summed E-state index contributed by atoms with van der Waals surface area (Å²) in [7, 11) is 1.25. The number of fused-ring (bicyclic) bond motifs is 1. The molecule has 1 saturated heterocycles. The lowest BCUT2D eigenvalue weighted by molar-refractivity contribution is -0.145. The molecule has 0 saturated carbocycles. The molecule has 0 bridgehead atoms. The second kappa shape index (κ2) is 8.97. The molecule has 1 aromatic carbocycles. The van der Waals surface area contributed by atoms with Gasteiger partial charge >= 0.3 is 12.1 Å². The van der Waals surface area contributed by atoms with Gasteiger partial charge in [0.2, 0.25) is 5.91 Å². The molecule has 3 rings (SSSR count). The minimum absolute atomic E-state index is 0.0155. The van der Waals surface area contributed by atoms with Crippen LogP contribution in [0.1, 0.15) is 32.8 Å². The molecule has 2 amide bonds. The van der Waals surface area contributed by atoms with Crippen LogP contribution < -0.4 is 5.32 Å². The molecule has 1 aromatic heterocycles. The average Bonchev–Trinajstić information content (AvgIpc) is 3.29. The maximum atomic E-state index is 13.0. The first-order valence-corrected chi connectivity index (χ1v) is 10.2. The Bertz CT molecular complexity index is 964. The molecule has 31 heavy (non-hydrogen) atoms. The number of β-amino-alcohol motifs (C(OH)–C–C–N with tert-alkyl or cyclic N) is 1. The number of rotatable bonds is 5. The first-order valence-electron chi connectivity index (χ1n) is 10.2. The lowest BCUT2D eigenvalue weighted by Crippen LogP contribution is -2.52. The van der Waals surface area contributed by atoms with Gasteiger partial charge in [-0.1, -0.05) is 18.2 Å². The molecular weight excluding hydrogens is 402 g/mol. The second-order valence-electron chi connectivity index (χ2n) is 8.69. The van der Waals surface area contributed by atoms with Crippen molar-refractivity contribution in [3.05, 3.63) is 36.0 Å². The lowest BCUT2D eigenvalue weighted by atomic mass is 10.0. The van der Waals surface area contributed by atoms with Crippen LogP contribution in [0.4, 0.5) is 4.79 Å². The number of aliphatic hydroxyl groups is 1. The Hall–Kier alpha value is -3.07. The van der Waals surface area contributed by atoms with Crippen molar-refractivity contribution in [3.8, 4) is 0 Å². The molecule has 2 heterocycles. The number of ether oxygens (including phenoxy) is 2. The number of para-hydroxylation sites is 1. The molecule has 9 nitrogen and oxygen atoms in total. The van der Waals surface area contributed by atoms with Crippen LogP contribution in [0, 0.1) is 0 Å². The number of aromatic amines is 1. The summed E-state index contributed by atoms with van der Waals surface area (Å²) in [5.74, 6) is -1.14. The molecule has 9 heteroatoms. The summed E-state index contributed by atoms with van der Waals surface area (Å²) < 4.78 is 10.2. The number of amides is 2. The van der Waals surface area contributed by atoms with Crippen molar-refractivity contribution in [2.24, 2.45) is 0 Å². The maximum Gasteiger partial charge on any atom is 0.411 e. The Morgan fingerprint density at radius 2 is 2.00 bits per heavy atom. The Labute approximate surface area is 180 Å². The highest BCUT2D eigenvalue weighted by Crippen LogP contribution is 2.23. The molecule has 1 fully saturated rings. The Kier molecular flexibility index (Phi) is 6.54. The second-order valence-corrected chi connectivity index (χ2v) is 8.69. The van der Waals surface area contributed by atoms with E-state index in [2.05, 4.69) is 10.3 Å². The summed E-state index contributed by atoms with van der Waals surface area (Å²) in [5, 5.41) is 13.7. The van der Waals surface area contributed by atoms with E-state index in [1.54, 1.807) is 27.0 Å². The van der Waals surface area contributed by atoms with Crippen LogP contribution in [0.3, 0.4) is 0 Å². The molecule has 3 N–H and O–H groups in total. The quantitative estimate of drug-likeness (QED) is 0.620. The van der Waals surface area contributed by atoms with Crippen LogP contribution in [0.25, 0.3) is 10.9 Å². The predicted molar refractivity (Wildman–Crippen MR) is 113 cm³/mol. The summed E-state index contributed by atoms with van der Waals surface area (Å²) in [6, 6.07) is 5.75. The standard InChI is InChI=1S/C22H29N3O6/c1-22(2,3)31-21(29)25-12-14(26)10-18(25)19(27)24-17(20(28)30-4)9-13-11-23-16-8-6-5-7-15(13)16/h5-8,11,14,17-18,23,26H,9-10,12H2,1-4H3,(H,24,27)/t14?,17-,18-/m0/s1. The van der Waals surface area contributed by atoms with Crippen LogP contribution in [0.2, 0.25) is 0 Å². The van der Waals surface area contributed by atoms with Gasteiger partial charge in [-0.05, 0) is 32.4 Å². The van der Waals surface area contributed by atoms with Gasteiger partial charge in [-0.15, -0.1) is 0 Å². The zero-order valence-corrected chi connectivity index (χ0v) is 18.2. The minimum atomic E-state index is -0.949. The number of nitrogens with one attached hydrogen (secondary N) is 2. The Morgan fingerprint density at radius 1 is 1.29 bits per heavy atom. The van der Waals surface area contributed by atoms with Crippen LogP contribution in [0.5, 0.6) is 0 Å². The Balaban J connectivity index is 1.76. The topological polar surface area (TPSA) is 121 Å². The van der Waals surface area contributed by atoms with Crippen LogP contribution in [-0.2, 0) is 25.5 Å². The predicted octanol–water partition coefficient (Wildman–Crippen LogP) is 1.74. The van der Waals surface area contributed by atoms with Gasteiger partial charge in [-0.2, -0.15) is 0 Å². The van der Waals surface area contributed by atoms with Gasteiger partial charge in [0.1, 0.15) is 17.7 Å². The fourth-order valence-corrected chi connectivity index (χ4v) is 3.71. The van der Waals surface area contributed by atoms with Crippen molar-refractivity contribution in [1.29, 1.82) is 0 Å². The highest BCUT2D eigenvalue weighted by Gasteiger charge is 2.42. The van der Waals surface area contributed by atoms with Crippen molar-refractivity contribution in [2.45, 2.75) is 57.4 Å². The van der Waals surface area contributed by atoms with Gasteiger partial charge in [0.25, 0.3) is 0 Å². The van der Waals surface area contributed by atoms with E-state index in [9.17, 15) is 19.5 Å². The molecule has 1 unspecified atom stereocenters. The molecule has 0 spiro atoms. The van der Waals surface area contributed by atoms with E-state index in [1.165, 1.54) is 12.0 Å². The van der Waals surface area contributed by atoms with Gasteiger partial charge in [0, 0.05) is 29.9 Å². The van der Waals surface area contributed by atoms with Crippen LogP contribution >= 0.6 is 0 Å². The molecule has 2 aromatic rings. The minimum Gasteiger partial charge on any atom is -0.467 e. The Morgan fingerprint density at radius 3 is 2.68 bits per heavy atom. The first kappa shape index (κ1) is 22.6. The monoisotopic (exact) mass is 431 g/mol. The van der Waals surface area contributed by atoms with E-state index in [4.69, 9.17) is 9.47 Å². The number of H-pyrrole nitrogens is 1. The summed E-state index contributed by atoms with van der Waals surface area (Å²) >= 11 is 0. The number of carbonyl (C=O) groups excluding carboxylic acids is 3. The van der Waals surface area contributed by atoms with Crippen molar-refractivity contribution in [2.75, 3.05) is 13.7 Å². The largest absolute Gasteiger partial charge is 0.467 e. The highest BCUT2D eigenvalue weighted by atomic mass is 16.6. The summed E-state index contributed by atoms with van der Waals surface area (Å²) in [4.78, 5) is 42.3. The summed E-state index contributed by atoms with van der Waals surface area (Å²) in [6.07, 6.45) is 0.527. The highest BCUT2D eigenvalue weighted by molar-refractivity contribution is 5.91. The number of hydrogen-bond acceptors (Lipinski definition) is 6. The number of esters is 1. The van der Waals surface area contributed by atoms with Crippen molar-refractivity contribution in [3.63, 3.8) is 0 Å². The maximum absolute atomic E-state index is 13.0. The molecule has 1 aliphatic heterocycles. The van der Waals surface area contributed by atoms with Gasteiger partial charge in [0.05, 0.1) is 19.8 Å². The van der Waals surface area contributed by atoms with Crippen molar-refractivity contribution < 1.29 is 29.0 Å². The van der Waals surface area contributed by atoms with E-state index in [1.807, 2.05) is 24.3 Å². The first-order chi connectivity index (χ1) is 14.6. The van der Waals surface area contributed by atoms with Crippen LogP contribution in [0.15, 0.2) is 30.5 Å². The van der Waals surface area contributed by atoms with E-state index in [0.717, 1.165) is 16.5 Å². The van der Waals surface area contributed by atoms with Crippen LogP contribution in [-0.4, -0.2) is 70.4 Å². The number of aromatic nitrogens is 1. The normalized spacial score (nSPS) is 19.8. The third-order valence-electron chi connectivity index (χ3n) is 5.11. The van der Waals surface area contributed by atoms with Crippen molar-refractivity contribution >= 4 is 28.9 Å². The molecule has 1 aliphatic rings. The average molecular weight is 431 g/mol. The number of hydrogen-bond donors (Lipinski definition) is 3. The number of methoxy groups -OCH3 is 1. The zero-order valence-electron chi connectivity index (χ0n) is 18.2. The number of benzene rings is 1. The molecule has 168 valence electrons. The number of nitrogens with zero attached hydrogens (tertiary/aromatic N) is 1. The summed E-state index contributed by atoms with van der Waals surface area (Å²) in [5.41, 5.74) is 1.03. The fourth-order valence-electron chi connectivity index (χ4n) is 3.71. The molecule has 3 atom stereocenters. The third-order valence-corrected chi connectivity index (χ3v) is 5.11. The van der Waals surface area contributed by atoms with Gasteiger partial charge in [-0.3, -0.25) is 9.69 Å². The lowest BCUT2D eigenvalue weighted by Gasteiger charge is -2.28. The molecule has 0 radical (unpaired) electrons. The van der Waals surface area contributed by atoms with E-state index < -0.39 is 41.8 Å². The van der Waals surface area contributed by atoms with Gasteiger partial charge in [-0.25, -0.2) is 9.59 Å². The third kappa shape index (κ3) is 5.35. The van der Waals surface area contributed by atoms with Gasteiger partial charge < -0.3 is 24.9 Å². The number of carbonyl (C=O) groups is 3.